The van der Waals surface area contributed by atoms with Crippen molar-refractivity contribution < 1.29 is 13.3 Å². The lowest BCUT2D eigenvalue weighted by Gasteiger charge is -2.31. The fraction of sp³-hybridized carbons (Fsp3) is 0.583. The van der Waals surface area contributed by atoms with Gasteiger partial charge in [0.05, 0.1) is 49.0 Å². The number of nitrogens with one attached hydrogen (secondary N) is 1. The Hall–Kier alpha value is -0.650. The predicted octanol–water partition coefficient (Wildman–Crippen LogP) is 0.450. The molecule has 1 aromatic rings. The molecular formula is C12H17ClN3O2S2+. The lowest BCUT2D eigenvalue weighted by Crippen LogP contribution is -3.15. The van der Waals surface area contributed by atoms with Crippen LogP contribution in [0.25, 0.3) is 0 Å². The summed E-state index contributed by atoms with van der Waals surface area (Å²) in [6.07, 6.45) is 0. The number of nitrogens with zero attached hydrogens (tertiary/aromatic N) is 2. The Morgan fingerprint density at radius 3 is 2.65 bits per heavy atom. The van der Waals surface area contributed by atoms with E-state index in [4.69, 9.17) is 16.9 Å². The first-order chi connectivity index (χ1) is 9.43. The van der Waals surface area contributed by atoms with Crippen molar-refractivity contribution in [2.45, 2.75) is 11.1 Å². The quantitative estimate of drug-likeness (QED) is 0.869. The van der Waals surface area contributed by atoms with Crippen LogP contribution < -0.4 is 4.90 Å². The molecule has 1 atom stereocenters. The molecule has 0 spiro atoms. The third kappa shape index (κ3) is 3.51. The lowest BCUT2D eigenvalue weighted by molar-refractivity contribution is -0.905. The summed E-state index contributed by atoms with van der Waals surface area (Å²) < 4.78 is 27.1. The summed E-state index contributed by atoms with van der Waals surface area (Å²) in [7, 11) is -3.41. The fourth-order valence-corrected chi connectivity index (χ4v) is 5.37. The second kappa shape index (κ2) is 6.41. The third-order valence-corrected chi connectivity index (χ3v) is 6.98. The van der Waals surface area contributed by atoms with Gasteiger partial charge in [-0.05, 0) is 19.1 Å². The zero-order chi connectivity index (χ0) is 14.8. The monoisotopic (exact) mass is 334 g/mol. The number of thiophene rings is 1. The molecule has 0 aromatic carbocycles. The third-order valence-electron chi connectivity index (χ3n) is 3.39. The zero-order valence-electron chi connectivity index (χ0n) is 11.2. The van der Waals surface area contributed by atoms with Gasteiger partial charge in [0.2, 0.25) is 0 Å². The van der Waals surface area contributed by atoms with Gasteiger partial charge in [0.1, 0.15) is 4.21 Å². The summed E-state index contributed by atoms with van der Waals surface area (Å²) >= 11 is 6.89. The molecule has 1 saturated heterocycles. The molecule has 2 rings (SSSR count). The minimum atomic E-state index is -3.41. The summed E-state index contributed by atoms with van der Waals surface area (Å²) in [5.41, 5.74) is 0. The minimum absolute atomic E-state index is 0.00394. The highest BCUT2D eigenvalue weighted by Gasteiger charge is 2.31. The van der Waals surface area contributed by atoms with Crippen molar-refractivity contribution in [1.29, 1.82) is 5.26 Å². The van der Waals surface area contributed by atoms with Gasteiger partial charge in [0, 0.05) is 0 Å². The minimum Gasteiger partial charge on any atom is -0.332 e. The summed E-state index contributed by atoms with van der Waals surface area (Å²) in [5.74, 6) is 0.00394. The van der Waals surface area contributed by atoms with E-state index in [9.17, 15) is 8.42 Å². The highest BCUT2D eigenvalue weighted by molar-refractivity contribution is 7.91. The first-order valence-electron chi connectivity index (χ1n) is 6.42. The molecule has 5 nitrogen and oxygen atoms in total. The molecule has 1 N–H and O–H groups in total. The van der Waals surface area contributed by atoms with Gasteiger partial charge in [-0.15, -0.1) is 11.3 Å². The Bertz CT molecular complexity index is 600. The fourth-order valence-electron chi connectivity index (χ4n) is 2.29. The molecule has 20 heavy (non-hydrogen) atoms. The summed E-state index contributed by atoms with van der Waals surface area (Å²) in [6.45, 7) is 5.13. The highest BCUT2D eigenvalue weighted by Crippen LogP contribution is 2.27. The van der Waals surface area contributed by atoms with Crippen molar-refractivity contribution in [3.63, 3.8) is 0 Å². The van der Waals surface area contributed by atoms with Gasteiger partial charge < -0.3 is 4.90 Å². The second-order valence-corrected chi connectivity index (χ2v) is 8.83. The number of sulfonamides is 1. The van der Waals surface area contributed by atoms with Gasteiger partial charge in [0.25, 0.3) is 10.0 Å². The number of nitriles is 1. The maximum Gasteiger partial charge on any atom is 0.253 e. The summed E-state index contributed by atoms with van der Waals surface area (Å²) in [5, 5.41) is 8.82. The number of quaternary nitrogens is 1. The topological polar surface area (TPSA) is 65.6 Å². The molecule has 1 aromatic heterocycles. The van der Waals surface area contributed by atoms with Gasteiger partial charge in [-0.25, -0.2) is 8.42 Å². The van der Waals surface area contributed by atoms with E-state index in [1.807, 2.05) is 6.92 Å². The van der Waals surface area contributed by atoms with Crippen LogP contribution in [0.15, 0.2) is 16.3 Å². The van der Waals surface area contributed by atoms with Crippen LogP contribution in [0.2, 0.25) is 4.34 Å². The van der Waals surface area contributed by atoms with E-state index in [1.165, 1.54) is 9.21 Å². The van der Waals surface area contributed by atoms with Crippen molar-refractivity contribution in [3.05, 3.63) is 16.5 Å². The van der Waals surface area contributed by atoms with Crippen LogP contribution in [-0.2, 0) is 10.0 Å². The van der Waals surface area contributed by atoms with Crippen molar-refractivity contribution in [2.24, 2.45) is 5.92 Å². The summed E-state index contributed by atoms with van der Waals surface area (Å²) in [6, 6.07) is 5.38. The highest BCUT2D eigenvalue weighted by atomic mass is 35.5. The largest absolute Gasteiger partial charge is 0.332 e. The standard InChI is InChI=1S/C12H16ClN3O2S2/c1-10(8-14)9-15-4-6-16(7-5-15)20(17,18)12-3-2-11(13)19-12/h2-3,10H,4-7,9H2,1H3/p+1/t10-/m1/s1. The Kier molecular flexibility index (Phi) is 5.04. The van der Waals surface area contributed by atoms with Crippen LogP contribution >= 0.6 is 22.9 Å². The second-order valence-electron chi connectivity index (χ2n) is 4.95. The number of halogens is 1. The smallest absolute Gasteiger partial charge is 0.253 e. The number of rotatable bonds is 4. The number of hydrogen-bond donors (Lipinski definition) is 1. The van der Waals surface area contributed by atoms with E-state index >= 15 is 0 Å². The van der Waals surface area contributed by atoms with E-state index in [1.54, 1.807) is 12.1 Å². The van der Waals surface area contributed by atoms with Gasteiger partial charge in [-0.2, -0.15) is 9.57 Å². The Labute approximate surface area is 128 Å². The maximum atomic E-state index is 12.4. The van der Waals surface area contributed by atoms with Gasteiger partial charge in [0.15, 0.2) is 0 Å². The molecule has 8 heteroatoms. The van der Waals surface area contributed by atoms with Gasteiger partial charge in [-0.1, -0.05) is 11.6 Å². The molecule has 0 aliphatic carbocycles. The number of hydrogen-bond acceptors (Lipinski definition) is 4. The molecule has 2 heterocycles. The molecule has 0 amide bonds. The van der Waals surface area contributed by atoms with Gasteiger partial charge >= 0.3 is 0 Å². The average molecular weight is 335 g/mol. The van der Waals surface area contributed by atoms with Crippen LogP contribution in [0.4, 0.5) is 0 Å². The Morgan fingerprint density at radius 2 is 2.15 bits per heavy atom. The SMILES string of the molecule is C[C@H](C#N)C[NH+]1CCN(S(=O)(=O)c2ccc(Cl)s2)CC1. The van der Waals surface area contributed by atoms with Crippen molar-refractivity contribution in [2.75, 3.05) is 32.7 Å². The van der Waals surface area contributed by atoms with E-state index in [2.05, 4.69) is 6.07 Å². The van der Waals surface area contributed by atoms with E-state index in [0.29, 0.717) is 21.6 Å². The van der Waals surface area contributed by atoms with Crippen LogP contribution in [0.5, 0.6) is 0 Å². The molecule has 0 bridgehead atoms. The Balaban J connectivity index is 1.99. The molecule has 1 aliphatic heterocycles. The molecule has 0 radical (unpaired) electrons. The molecular weight excluding hydrogens is 318 g/mol. The zero-order valence-corrected chi connectivity index (χ0v) is 13.6. The first-order valence-corrected chi connectivity index (χ1v) is 9.05. The molecule has 0 unspecified atom stereocenters. The lowest BCUT2D eigenvalue weighted by atomic mass is 10.2. The van der Waals surface area contributed by atoms with E-state index in [0.717, 1.165) is 31.0 Å². The molecule has 1 fully saturated rings. The maximum absolute atomic E-state index is 12.4. The van der Waals surface area contributed by atoms with Crippen molar-refractivity contribution in [1.82, 2.24) is 4.31 Å². The van der Waals surface area contributed by atoms with E-state index in [-0.39, 0.29) is 5.92 Å². The van der Waals surface area contributed by atoms with Crippen LogP contribution in [-0.4, -0.2) is 45.4 Å². The van der Waals surface area contributed by atoms with E-state index < -0.39 is 10.0 Å². The van der Waals surface area contributed by atoms with Crippen molar-refractivity contribution >= 4 is 33.0 Å². The van der Waals surface area contributed by atoms with Gasteiger partial charge in [-0.3, -0.25) is 0 Å². The number of piperazine rings is 1. The van der Waals surface area contributed by atoms with Crippen LogP contribution in [0.3, 0.4) is 0 Å². The Morgan fingerprint density at radius 1 is 1.50 bits per heavy atom. The van der Waals surface area contributed by atoms with Crippen molar-refractivity contribution in [3.8, 4) is 6.07 Å². The molecule has 110 valence electrons. The van der Waals surface area contributed by atoms with Crippen LogP contribution in [0, 0.1) is 17.2 Å². The normalized spacial score (nSPS) is 19.6. The molecule has 1 aliphatic rings. The van der Waals surface area contributed by atoms with Crippen LogP contribution in [0.1, 0.15) is 6.92 Å². The summed E-state index contributed by atoms with van der Waals surface area (Å²) in [4.78, 5) is 1.29. The predicted molar refractivity (Wildman–Crippen MR) is 78.4 cm³/mol. The average Bonchev–Trinajstić information content (AvgIpc) is 2.86. The molecule has 0 saturated carbocycles. The first kappa shape index (κ1) is 15.7.